The van der Waals surface area contributed by atoms with E-state index in [4.69, 9.17) is 4.74 Å². The SMILES string of the molecule is CC(C)(C)OC(=O)N1CCC(=O)C2CCC21. The molecule has 90 valence electrons. The highest BCUT2D eigenvalue weighted by molar-refractivity contribution is 5.85. The second-order valence-corrected chi connectivity index (χ2v) is 5.64. The van der Waals surface area contributed by atoms with E-state index in [0.717, 1.165) is 12.8 Å². The molecule has 0 aromatic carbocycles. The van der Waals surface area contributed by atoms with Gasteiger partial charge in [-0.05, 0) is 33.6 Å². The molecule has 0 spiro atoms. The van der Waals surface area contributed by atoms with Gasteiger partial charge < -0.3 is 9.64 Å². The van der Waals surface area contributed by atoms with Crippen molar-refractivity contribution >= 4 is 11.9 Å². The minimum absolute atomic E-state index is 0.0845. The van der Waals surface area contributed by atoms with E-state index in [1.807, 2.05) is 20.8 Å². The van der Waals surface area contributed by atoms with Gasteiger partial charge in [-0.25, -0.2) is 4.79 Å². The quantitative estimate of drug-likeness (QED) is 0.633. The molecular formula is C12H19NO3. The lowest BCUT2D eigenvalue weighted by Gasteiger charge is -2.47. The molecule has 2 aliphatic rings. The Morgan fingerprint density at radius 3 is 2.56 bits per heavy atom. The number of likely N-dealkylation sites (tertiary alicyclic amines) is 1. The highest BCUT2D eigenvalue weighted by Gasteiger charge is 2.46. The van der Waals surface area contributed by atoms with Crippen molar-refractivity contribution < 1.29 is 14.3 Å². The Kier molecular flexibility index (Phi) is 2.68. The molecule has 16 heavy (non-hydrogen) atoms. The zero-order valence-corrected chi connectivity index (χ0v) is 10.2. The first-order valence-corrected chi connectivity index (χ1v) is 5.91. The van der Waals surface area contributed by atoms with E-state index in [1.165, 1.54) is 0 Å². The summed E-state index contributed by atoms with van der Waals surface area (Å²) in [6, 6.07) is 0.107. The summed E-state index contributed by atoms with van der Waals surface area (Å²) in [7, 11) is 0. The van der Waals surface area contributed by atoms with Crippen molar-refractivity contribution in [2.45, 2.75) is 51.7 Å². The first-order chi connectivity index (χ1) is 7.38. The first kappa shape index (κ1) is 11.4. The van der Waals surface area contributed by atoms with Crippen LogP contribution >= 0.6 is 0 Å². The molecule has 1 saturated heterocycles. The Labute approximate surface area is 95.9 Å². The van der Waals surface area contributed by atoms with Crippen LogP contribution in [0.5, 0.6) is 0 Å². The van der Waals surface area contributed by atoms with Crippen LogP contribution in [0, 0.1) is 5.92 Å². The lowest BCUT2D eigenvalue weighted by molar-refractivity contribution is -0.133. The number of nitrogens with zero attached hydrogens (tertiary/aromatic N) is 1. The van der Waals surface area contributed by atoms with Gasteiger partial charge in [-0.15, -0.1) is 0 Å². The van der Waals surface area contributed by atoms with Gasteiger partial charge in [0, 0.05) is 24.9 Å². The third-order valence-electron chi connectivity index (χ3n) is 3.28. The van der Waals surface area contributed by atoms with Crippen molar-refractivity contribution in [3.05, 3.63) is 0 Å². The first-order valence-electron chi connectivity index (χ1n) is 5.91. The maximum atomic E-state index is 11.9. The summed E-state index contributed by atoms with van der Waals surface area (Å²) in [6.07, 6.45) is 2.09. The van der Waals surface area contributed by atoms with Crippen LogP contribution in [0.1, 0.15) is 40.0 Å². The summed E-state index contributed by atoms with van der Waals surface area (Å²) in [5.74, 6) is 0.400. The van der Waals surface area contributed by atoms with Crippen LogP contribution in [-0.2, 0) is 9.53 Å². The summed E-state index contributed by atoms with van der Waals surface area (Å²) in [5, 5.41) is 0. The lowest BCUT2D eigenvalue weighted by Crippen LogP contribution is -2.57. The monoisotopic (exact) mass is 225 g/mol. The summed E-state index contributed by atoms with van der Waals surface area (Å²) in [6.45, 7) is 6.10. The second kappa shape index (κ2) is 3.75. The Balaban J connectivity index is 2.00. The molecule has 4 nitrogen and oxygen atoms in total. The fourth-order valence-corrected chi connectivity index (χ4v) is 2.36. The largest absolute Gasteiger partial charge is 0.444 e. The molecule has 0 aromatic heterocycles. The maximum Gasteiger partial charge on any atom is 0.410 e. The van der Waals surface area contributed by atoms with E-state index in [-0.39, 0.29) is 18.1 Å². The standard InChI is InChI=1S/C12H19NO3/c1-12(2,3)16-11(15)13-7-6-10(14)8-4-5-9(8)13/h8-9H,4-7H2,1-3H3. The number of carbonyl (C=O) groups is 2. The Bertz CT molecular complexity index is 319. The minimum atomic E-state index is -0.461. The predicted molar refractivity (Wildman–Crippen MR) is 59.1 cm³/mol. The number of carbonyl (C=O) groups excluding carboxylic acids is 2. The number of ketones is 1. The highest BCUT2D eigenvalue weighted by Crippen LogP contribution is 2.37. The maximum absolute atomic E-state index is 11.9. The van der Waals surface area contributed by atoms with Crippen LogP contribution in [0.25, 0.3) is 0 Å². The molecule has 2 unspecified atom stereocenters. The Morgan fingerprint density at radius 1 is 1.38 bits per heavy atom. The number of rotatable bonds is 0. The fourth-order valence-electron chi connectivity index (χ4n) is 2.36. The molecule has 0 aromatic rings. The number of hydrogen-bond donors (Lipinski definition) is 0. The third kappa shape index (κ3) is 2.06. The summed E-state index contributed by atoms with van der Waals surface area (Å²) < 4.78 is 5.34. The van der Waals surface area contributed by atoms with Crippen LogP contribution in [0.4, 0.5) is 4.79 Å². The summed E-state index contributed by atoms with van der Waals surface area (Å²) in [5.41, 5.74) is -0.461. The molecular weight excluding hydrogens is 206 g/mol. The number of hydrogen-bond acceptors (Lipinski definition) is 3. The van der Waals surface area contributed by atoms with Gasteiger partial charge in [0.15, 0.2) is 0 Å². The van der Waals surface area contributed by atoms with Crippen molar-refractivity contribution in [1.82, 2.24) is 4.90 Å². The van der Waals surface area contributed by atoms with Crippen LogP contribution < -0.4 is 0 Å². The van der Waals surface area contributed by atoms with Gasteiger partial charge in [-0.3, -0.25) is 4.79 Å². The van der Waals surface area contributed by atoms with Gasteiger partial charge in [-0.2, -0.15) is 0 Å². The summed E-state index contributed by atoms with van der Waals surface area (Å²) in [4.78, 5) is 25.2. The average molecular weight is 225 g/mol. The number of Topliss-reactive ketones (excluding diaryl/α,β-unsaturated/α-hetero) is 1. The van der Waals surface area contributed by atoms with Crippen molar-refractivity contribution in [2.24, 2.45) is 5.92 Å². The minimum Gasteiger partial charge on any atom is -0.444 e. The van der Waals surface area contributed by atoms with Crippen LogP contribution in [0.3, 0.4) is 0 Å². The predicted octanol–water partition coefficient (Wildman–Crippen LogP) is 1.97. The molecule has 2 fully saturated rings. The molecule has 4 heteroatoms. The van der Waals surface area contributed by atoms with Crippen molar-refractivity contribution in [3.63, 3.8) is 0 Å². The zero-order valence-electron chi connectivity index (χ0n) is 10.2. The van der Waals surface area contributed by atoms with Gasteiger partial charge in [0.25, 0.3) is 0 Å². The molecule has 1 aliphatic carbocycles. The lowest BCUT2D eigenvalue weighted by atomic mass is 9.72. The molecule has 0 bridgehead atoms. The third-order valence-corrected chi connectivity index (χ3v) is 3.28. The zero-order chi connectivity index (χ0) is 11.9. The van der Waals surface area contributed by atoms with E-state index in [9.17, 15) is 9.59 Å². The normalized spacial score (nSPS) is 29.4. The fraction of sp³-hybridized carbons (Fsp3) is 0.833. The number of ether oxygens (including phenoxy) is 1. The average Bonchev–Trinajstić information content (AvgIpc) is 2.04. The summed E-state index contributed by atoms with van der Waals surface area (Å²) >= 11 is 0. The molecule has 2 rings (SSSR count). The van der Waals surface area contributed by atoms with Crippen LogP contribution in [0.15, 0.2) is 0 Å². The van der Waals surface area contributed by atoms with Crippen molar-refractivity contribution in [1.29, 1.82) is 0 Å². The van der Waals surface area contributed by atoms with Gasteiger partial charge in [0.1, 0.15) is 11.4 Å². The van der Waals surface area contributed by atoms with Gasteiger partial charge >= 0.3 is 6.09 Å². The highest BCUT2D eigenvalue weighted by atomic mass is 16.6. The van der Waals surface area contributed by atoms with E-state index in [1.54, 1.807) is 4.90 Å². The number of piperidine rings is 1. The van der Waals surface area contributed by atoms with Gasteiger partial charge in [-0.1, -0.05) is 0 Å². The van der Waals surface area contributed by atoms with Gasteiger partial charge in [0.05, 0.1) is 0 Å². The molecule has 2 atom stereocenters. The Hall–Kier alpha value is -1.06. The van der Waals surface area contributed by atoms with Crippen molar-refractivity contribution in [2.75, 3.05) is 6.54 Å². The second-order valence-electron chi connectivity index (χ2n) is 5.64. The number of fused-ring (bicyclic) bond motifs is 1. The molecule has 1 aliphatic heterocycles. The molecule has 1 saturated carbocycles. The topological polar surface area (TPSA) is 46.6 Å². The van der Waals surface area contributed by atoms with Gasteiger partial charge in [0.2, 0.25) is 0 Å². The van der Waals surface area contributed by atoms with E-state index < -0.39 is 5.60 Å². The molecule has 1 amide bonds. The molecule has 1 heterocycles. The number of amides is 1. The molecule has 0 radical (unpaired) electrons. The smallest absolute Gasteiger partial charge is 0.410 e. The van der Waals surface area contributed by atoms with E-state index >= 15 is 0 Å². The van der Waals surface area contributed by atoms with Crippen molar-refractivity contribution in [3.8, 4) is 0 Å². The van der Waals surface area contributed by atoms with Crippen LogP contribution in [0.2, 0.25) is 0 Å². The van der Waals surface area contributed by atoms with E-state index in [0.29, 0.717) is 18.7 Å². The molecule has 0 N–H and O–H groups in total. The van der Waals surface area contributed by atoms with Crippen LogP contribution in [-0.4, -0.2) is 35.0 Å². The van der Waals surface area contributed by atoms with E-state index in [2.05, 4.69) is 0 Å². The Morgan fingerprint density at radius 2 is 2.06 bits per heavy atom.